The van der Waals surface area contributed by atoms with E-state index in [1.807, 2.05) is 25.7 Å². The summed E-state index contributed by atoms with van der Waals surface area (Å²) in [6, 6.07) is 4.48. The van der Waals surface area contributed by atoms with E-state index in [4.69, 9.17) is 9.47 Å². The molecule has 0 aromatic heterocycles. The van der Waals surface area contributed by atoms with Gasteiger partial charge in [-0.05, 0) is 50.8 Å². The Morgan fingerprint density at radius 2 is 1.88 bits per heavy atom. The summed E-state index contributed by atoms with van der Waals surface area (Å²) >= 11 is 0. The Morgan fingerprint density at radius 3 is 2.44 bits per heavy atom. The second-order valence-corrected chi connectivity index (χ2v) is 11.2. The van der Waals surface area contributed by atoms with Gasteiger partial charge in [-0.15, -0.1) is 0 Å². The number of carbonyl (C=O) groups is 2. The van der Waals surface area contributed by atoms with E-state index in [0.29, 0.717) is 24.5 Å². The van der Waals surface area contributed by atoms with E-state index >= 15 is 0 Å². The van der Waals surface area contributed by atoms with Gasteiger partial charge in [0.05, 0.1) is 30.1 Å². The normalized spacial score (nSPS) is 27.3. The molecule has 1 aliphatic carbocycles. The molecule has 0 N–H and O–H groups in total. The van der Waals surface area contributed by atoms with Gasteiger partial charge in [0.25, 0.3) is 10.1 Å². The highest BCUT2D eigenvalue weighted by Crippen LogP contribution is 2.53. The number of fused-ring (bicyclic) bond motifs is 1. The molecule has 32 heavy (non-hydrogen) atoms. The third-order valence-corrected chi connectivity index (χ3v) is 6.36. The van der Waals surface area contributed by atoms with Gasteiger partial charge in [-0.25, -0.2) is 9.18 Å². The standard InChI is InChI=1S/C21H27FN2O7S/c1-21(2,3)31-19(25)18-14-9-23(10-15(14)18)17-6-5-12(7-16(17)22)24-8-13(30-20(24)26)11-29-32(4,27)28/h5-7,13-15,18H,8-11H2,1-4H3. The lowest BCUT2D eigenvalue weighted by Crippen LogP contribution is -2.31. The Labute approximate surface area is 186 Å². The topological polar surface area (TPSA) is 102 Å². The molecule has 1 saturated carbocycles. The number of benzene rings is 1. The molecule has 1 aromatic carbocycles. The van der Waals surface area contributed by atoms with E-state index in [1.54, 1.807) is 12.1 Å². The molecule has 176 valence electrons. The highest BCUT2D eigenvalue weighted by atomic mass is 32.2. The molecule has 0 radical (unpaired) electrons. The maximum absolute atomic E-state index is 14.9. The van der Waals surface area contributed by atoms with Crippen LogP contribution < -0.4 is 9.80 Å². The van der Waals surface area contributed by atoms with Crippen LogP contribution in [-0.4, -0.2) is 64.7 Å². The van der Waals surface area contributed by atoms with Gasteiger partial charge in [0.1, 0.15) is 24.1 Å². The zero-order valence-electron chi connectivity index (χ0n) is 18.4. The first-order valence-electron chi connectivity index (χ1n) is 10.4. The molecule has 9 nitrogen and oxygen atoms in total. The van der Waals surface area contributed by atoms with Gasteiger partial charge >= 0.3 is 12.1 Å². The van der Waals surface area contributed by atoms with Crippen molar-refractivity contribution in [2.75, 3.05) is 42.3 Å². The third-order valence-electron chi connectivity index (χ3n) is 5.80. The van der Waals surface area contributed by atoms with Crippen LogP contribution in [0.5, 0.6) is 0 Å². The Hall–Kier alpha value is -2.40. The second kappa shape index (κ2) is 7.87. The van der Waals surface area contributed by atoms with Gasteiger partial charge in [-0.1, -0.05) is 0 Å². The van der Waals surface area contributed by atoms with E-state index in [2.05, 4.69) is 4.18 Å². The number of rotatable bonds is 6. The van der Waals surface area contributed by atoms with E-state index in [1.165, 1.54) is 11.0 Å². The first-order chi connectivity index (χ1) is 14.8. The summed E-state index contributed by atoms with van der Waals surface area (Å²) in [4.78, 5) is 27.6. The summed E-state index contributed by atoms with van der Waals surface area (Å²) in [6.07, 6.45) is -0.550. The molecule has 3 atom stereocenters. The largest absolute Gasteiger partial charge is 0.460 e. The zero-order chi connectivity index (χ0) is 23.4. The van der Waals surface area contributed by atoms with Gasteiger partial charge < -0.3 is 14.4 Å². The number of carbonyl (C=O) groups excluding carboxylic acids is 2. The first-order valence-corrected chi connectivity index (χ1v) is 12.2. The van der Waals surface area contributed by atoms with Crippen LogP contribution in [0.15, 0.2) is 18.2 Å². The van der Waals surface area contributed by atoms with Gasteiger partial charge in [0.2, 0.25) is 0 Å². The average molecular weight is 471 g/mol. The van der Waals surface area contributed by atoms with Gasteiger partial charge in [0.15, 0.2) is 0 Å². The average Bonchev–Trinajstić information content (AvgIpc) is 2.97. The highest BCUT2D eigenvalue weighted by Gasteiger charge is 2.61. The van der Waals surface area contributed by atoms with Crippen LogP contribution in [0, 0.1) is 23.6 Å². The molecule has 1 aromatic rings. The predicted octanol–water partition coefficient (Wildman–Crippen LogP) is 2.15. The minimum atomic E-state index is -3.66. The van der Waals surface area contributed by atoms with Crippen LogP contribution in [0.25, 0.3) is 0 Å². The monoisotopic (exact) mass is 470 g/mol. The number of anilines is 2. The molecule has 0 spiro atoms. The van der Waals surface area contributed by atoms with Gasteiger partial charge in [-0.3, -0.25) is 13.9 Å². The number of cyclic esters (lactones) is 1. The molecule has 0 bridgehead atoms. The van der Waals surface area contributed by atoms with Crippen LogP contribution in [-0.2, 0) is 28.6 Å². The number of amides is 1. The van der Waals surface area contributed by atoms with Crippen molar-refractivity contribution < 1.29 is 36.1 Å². The molecule has 2 heterocycles. The summed E-state index contributed by atoms with van der Waals surface area (Å²) in [5, 5.41) is 0. The molecule has 11 heteroatoms. The van der Waals surface area contributed by atoms with Gasteiger partial charge in [0, 0.05) is 13.1 Å². The van der Waals surface area contributed by atoms with Crippen molar-refractivity contribution in [3.8, 4) is 0 Å². The summed E-state index contributed by atoms with van der Waals surface area (Å²) in [7, 11) is -3.66. The van der Waals surface area contributed by atoms with Crippen LogP contribution >= 0.6 is 0 Å². The Morgan fingerprint density at radius 1 is 1.22 bits per heavy atom. The smallest absolute Gasteiger partial charge is 0.414 e. The minimum absolute atomic E-state index is 0.0541. The SMILES string of the molecule is CC(C)(C)OC(=O)C1C2CN(c3ccc(N4CC(COS(C)(=O)=O)OC4=O)cc3F)CC21. The molecular formula is C21H27FN2O7S. The molecule has 3 aliphatic rings. The Kier molecular flexibility index (Phi) is 5.61. The number of hydrogen-bond donors (Lipinski definition) is 0. The fourth-order valence-electron chi connectivity index (χ4n) is 4.38. The number of halogens is 1. The molecule has 3 fully saturated rings. The van der Waals surface area contributed by atoms with E-state index in [-0.39, 0.29) is 36.9 Å². The van der Waals surface area contributed by atoms with E-state index in [9.17, 15) is 22.4 Å². The Bertz CT molecular complexity index is 1030. The van der Waals surface area contributed by atoms with Crippen molar-refractivity contribution in [2.24, 2.45) is 17.8 Å². The van der Waals surface area contributed by atoms with E-state index in [0.717, 1.165) is 6.26 Å². The van der Waals surface area contributed by atoms with Crippen molar-refractivity contribution in [2.45, 2.75) is 32.5 Å². The maximum Gasteiger partial charge on any atom is 0.414 e. The quantitative estimate of drug-likeness (QED) is 0.460. The number of hydrogen-bond acceptors (Lipinski definition) is 8. The fraction of sp³-hybridized carbons (Fsp3) is 0.619. The zero-order valence-corrected chi connectivity index (χ0v) is 19.2. The van der Waals surface area contributed by atoms with Crippen molar-refractivity contribution in [1.82, 2.24) is 0 Å². The minimum Gasteiger partial charge on any atom is -0.460 e. The maximum atomic E-state index is 14.9. The predicted molar refractivity (Wildman–Crippen MR) is 113 cm³/mol. The van der Waals surface area contributed by atoms with Crippen LogP contribution in [0.2, 0.25) is 0 Å². The molecule has 2 saturated heterocycles. The fourth-order valence-corrected chi connectivity index (χ4v) is 4.78. The first kappa shape index (κ1) is 22.8. The Balaban J connectivity index is 1.36. The van der Waals surface area contributed by atoms with Crippen LogP contribution in [0.4, 0.5) is 20.6 Å². The van der Waals surface area contributed by atoms with Gasteiger partial charge in [-0.2, -0.15) is 8.42 Å². The highest BCUT2D eigenvalue weighted by molar-refractivity contribution is 7.85. The lowest BCUT2D eigenvalue weighted by molar-refractivity contribution is -0.157. The number of piperidine rings is 1. The van der Waals surface area contributed by atoms with Crippen molar-refractivity contribution in [3.63, 3.8) is 0 Å². The summed E-state index contributed by atoms with van der Waals surface area (Å²) in [6.45, 7) is 6.41. The van der Waals surface area contributed by atoms with Crippen molar-refractivity contribution in [1.29, 1.82) is 0 Å². The van der Waals surface area contributed by atoms with Crippen LogP contribution in [0.1, 0.15) is 20.8 Å². The molecule has 1 amide bonds. The lowest BCUT2D eigenvalue weighted by atomic mass is 10.1. The summed E-state index contributed by atoms with van der Waals surface area (Å²) in [5.41, 5.74) is 0.199. The van der Waals surface area contributed by atoms with Crippen molar-refractivity contribution in [3.05, 3.63) is 24.0 Å². The molecule has 4 rings (SSSR count). The van der Waals surface area contributed by atoms with E-state index < -0.39 is 33.7 Å². The summed E-state index contributed by atoms with van der Waals surface area (Å²) < 4.78 is 52.4. The van der Waals surface area contributed by atoms with Crippen LogP contribution in [0.3, 0.4) is 0 Å². The van der Waals surface area contributed by atoms with Crippen molar-refractivity contribution >= 4 is 33.6 Å². The second-order valence-electron chi connectivity index (χ2n) is 9.53. The molecular weight excluding hydrogens is 443 g/mol. The molecule has 3 unspecified atom stereocenters. The number of nitrogens with zero attached hydrogens (tertiary/aromatic N) is 2. The lowest BCUT2D eigenvalue weighted by Gasteiger charge is -2.25. The third kappa shape index (κ3) is 4.83. The summed E-state index contributed by atoms with van der Waals surface area (Å²) in [5.74, 6) is -0.481. The molecule has 2 aliphatic heterocycles. The number of ether oxygens (including phenoxy) is 2. The number of esters is 1.